The molecule has 0 saturated heterocycles. The molecule has 130 valence electrons. The van der Waals surface area contributed by atoms with E-state index in [0.29, 0.717) is 5.71 Å². The zero-order chi connectivity index (χ0) is 17.3. The molecule has 4 aromatic rings. The molecular weight excluding hydrogens is 342 g/mol. The lowest BCUT2D eigenvalue weighted by Gasteiger charge is -2.13. The SMILES string of the molecule is c1ccc(CCSc2ncnc3c2oc2nc4c(cc23)CCCC4)cc1. The van der Waals surface area contributed by atoms with E-state index in [-0.39, 0.29) is 0 Å². The monoisotopic (exact) mass is 361 g/mol. The molecule has 1 aliphatic carbocycles. The third-order valence-electron chi connectivity index (χ3n) is 4.96. The number of hydrogen-bond donors (Lipinski definition) is 0. The Hall–Kier alpha value is -2.40. The first-order valence-electron chi connectivity index (χ1n) is 9.11. The van der Waals surface area contributed by atoms with Crippen LogP contribution >= 0.6 is 11.8 Å². The highest BCUT2D eigenvalue weighted by Gasteiger charge is 2.18. The number of thioether (sulfide) groups is 1. The minimum absolute atomic E-state index is 0.700. The van der Waals surface area contributed by atoms with Crippen molar-refractivity contribution in [1.82, 2.24) is 15.0 Å². The zero-order valence-corrected chi connectivity index (χ0v) is 15.3. The lowest BCUT2D eigenvalue weighted by atomic mass is 9.95. The largest absolute Gasteiger partial charge is 0.433 e. The van der Waals surface area contributed by atoms with Crippen molar-refractivity contribution in [3.63, 3.8) is 0 Å². The topological polar surface area (TPSA) is 51.8 Å². The summed E-state index contributed by atoms with van der Waals surface area (Å²) in [6.45, 7) is 0. The summed E-state index contributed by atoms with van der Waals surface area (Å²) in [5.74, 6) is 0.955. The van der Waals surface area contributed by atoms with Crippen LogP contribution in [0.3, 0.4) is 0 Å². The summed E-state index contributed by atoms with van der Waals surface area (Å²) < 4.78 is 6.10. The van der Waals surface area contributed by atoms with Gasteiger partial charge in [0.1, 0.15) is 16.9 Å². The van der Waals surface area contributed by atoms with E-state index < -0.39 is 0 Å². The molecule has 4 nitrogen and oxygen atoms in total. The maximum Gasteiger partial charge on any atom is 0.229 e. The van der Waals surface area contributed by atoms with Crippen LogP contribution < -0.4 is 0 Å². The second-order valence-electron chi connectivity index (χ2n) is 6.70. The van der Waals surface area contributed by atoms with Gasteiger partial charge < -0.3 is 4.42 Å². The number of benzene rings is 1. The highest BCUT2D eigenvalue weighted by molar-refractivity contribution is 7.99. The Morgan fingerprint density at radius 1 is 1.04 bits per heavy atom. The van der Waals surface area contributed by atoms with Gasteiger partial charge in [-0.3, -0.25) is 0 Å². The number of furan rings is 1. The summed E-state index contributed by atoms with van der Waals surface area (Å²) in [5, 5.41) is 1.93. The fraction of sp³-hybridized carbons (Fsp3) is 0.286. The van der Waals surface area contributed by atoms with Gasteiger partial charge in [0.05, 0.1) is 5.39 Å². The van der Waals surface area contributed by atoms with Gasteiger partial charge in [-0.1, -0.05) is 30.3 Å². The fourth-order valence-electron chi connectivity index (χ4n) is 3.61. The van der Waals surface area contributed by atoms with Crippen LogP contribution in [0.4, 0.5) is 0 Å². The Morgan fingerprint density at radius 3 is 2.85 bits per heavy atom. The Bertz CT molecular complexity index is 1070. The van der Waals surface area contributed by atoms with Crippen molar-refractivity contribution in [2.75, 3.05) is 5.75 Å². The lowest BCUT2D eigenvalue weighted by molar-refractivity contribution is 0.624. The van der Waals surface area contributed by atoms with Crippen LogP contribution in [0.5, 0.6) is 0 Å². The van der Waals surface area contributed by atoms with Crippen LogP contribution in [-0.4, -0.2) is 20.7 Å². The van der Waals surface area contributed by atoms with Crippen molar-refractivity contribution >= 4 is 34.0 Å². The Balaban J connectivity index is 1.48. The standard InChI is InChI=1S/C21H19N3OS/c1-2-6-14(7-3-1)10-11-26-21-19-18(22-13-23-21)16-12-15-8-4-5-9-17(15)24-20(16)25-19/h1-3,6-7,12-13H,4-5,8-11H2. The van der Waals surface area contributed by atoms with Crippen LogP contribution in [0.1, 0.15) is 29.7 Å². The van der Waals surface area contributed by atoms with Crippen LogP contribution in [0.25, 0.3) is 22.2 Å². The summed E-state index contributed by atoms with van der Waals surface area (Å²) in [6.07, 6.45) is 7.25. The maximum absolute atomic E-state index is 6.10. The molecule has 0 unspecified atom stereocenters. The first-order chi connectivity index (χ1) is 12.9. The van der Waals surface area contributed by atoms with Gasteiger partial charge in [0.25, 0.3) is 0 Å². The van der Waals surface area contributed by atoms with Crippen molar-refractivity contribution in [3.8, 4) is 0 Å². The van der Waals surface area contributed by atoms with Gasteiger partial charge in [-0.2, -0.15) is 0 Å². The van der Waals surface area contributed by atoms with Gasteiger partial charge in [0.15, 0.2) is 5.58 Å². The molecule has 5 rings (SSSR count). The van der Waals surface area contributed by atoms with Crippen molar-refractivity contribution in [2.24, 2.45) is 0 Å². The molecule has 3 heterocycles. The predicted octanol–water partition coefficient (Wildman–Crippen LogP) is 4.98. The van der Waals surface area contributed by atoms with E-state index in [1.54, 1.807) is 18.1 Å². The molecule has 1 aromatic carbocycles. The average molecular weight is 361 g/mol. The van der Waals surface area contributed by atoms with Gasteiger partial charge in [-0.25, -0.2) is 15.0 Å². The van der Waals surface area contributed by atoms with Crippen LogP contribution in [0.2, 0.25) is 0 Å². The van der Waals surface area contributed by atoms with Gasteiger partial charge in [-0.15, -0.1) is 11.8 Å². The second-order valence-corrected chi connectivity index (χ2v) is 7.78. The summed E-state index contributed by atoms with van der Waals surface area (Å²) in [5.41, 5.74) is 6.24. The second kappa shape index (κ2) is 6.72. The molecule has 0 amide bonds. The maximum atomic E-state index is 6.10. The van der Waals surface area contributed by atoms with E-state index in [1.807, 2.05) is 6.07 Å². The quantitative estimate of drug-likeness (QED) is 0.379. The Labute approximate surface area is 156 Å². The van der Waals surface area contributed by atoms with Crippen LogP contribution in [0.15, 0.2) is 52.2 Å². The number of nitrogens with zero attached hydrogens (tertiary/aromatic N) is 3. The van der Waals surface area contributed by atoms with Crippen molar-refractivity contribution in [2.45, 2.75) is 37.1 Å². The molecule has 1 aliphatic rings. The van der Waals surface area contributed by atoms with E-state index in [2.05, 4.69) is 40.3 Å². The molecule has 3 aromatic heterocycles. The van der Waals surface area contributed by atoms with E-state index in [9.17, 15) is 0 Å². The number of aryl methyl sites for hydroxylation is 3. The van der Waals surface area contributed by atoms with Gasteiger partial charge in [-0.05, 0) is 49.3 Å². The minimum Gasteiger partial charge on any atom is -0.433 e. The van der Waals surface area contributed by atoms with E-state index in [0.717, 1.165) is 46.5 Å². The molecule has 0 bridgehead atoms. The molecule has 0 saturated carbocycles. The van der Waals surface area contributed by atoms with Crippen LogP contribution in [0, 0.1) is 0 Å². The number of pyridine rings is 1. The third kappa shape index (κ3) is 2.86. The van der Waals surface area contributed by atoms with Crippen LogP contribution in [-0.2, 0) is 19.3 Å². The zero-order valence-electron chi connectivity index (χ0n) is 14.4. The predicted molar refractivity (Wildman–Crippen MR) is 105 cm³/mol. The van der Waals surface area contributed by atoms with Gasteiger partial charge in [0, 0.05) is 11.4 Å². The first-order valence-corrected chi connectivity index (χ1v) is 10.1. The highest BCUT2D eigenvalue weighted by atomic mass is 32.2. The number of rotatable bonds is 4. The van der Waals surface area contributed by atoms with E-state index in [1.165, 1.54) is 29.7 Å². The van der Waals surface area contributed by atoms with Gasteiger partial charge >= 0.3 is 0 Å². The molecule has 0 radical (unpaired) electrons. The molecule has 0 fully saturated rings. The van der Waals surface area contributed by atoms with E-state index >= 15 is 0 Å². The summed E-state index contributed by atoms with van der Waals surface area (Å²) in [6, 6.07) is 12.8. The third-order valence-corrected chi connectivity index (χ3v) is 5.94. The smallest absolute Gasteiger partial charge is 0.229 e. The number of fused-ring (bicyclic) bond motifs is 4. The first kappa shape index (κ1) is 15.8. The average Bonchev–Trinajstić information content (AvgIpc) is 3.05. The summed E-state index contributed by atoms with van der Waals surface area (Å²) in [7, 11) is 0. The number of hydrogen-bond acceptors (Lipinski definition) is 5. The summed E-state index contributed by atoms with van der Waals surface area (Å²) >= 11 is 1.72. The van der Waals surface area contributed by atoms with Crippen molar-refractivity contribution in [3.05, 3.63) is 59.5 Å². The molecule has 5 heteroatoms. The molecule has 26 heavy (non-hydrogen) atoms. The molecule has 0 aliphatic heterocycles. The molecule has 0 N–H and O–H groups in total. The van der Waals surface area contributed by atoms with E-state index in [4.69, 9.17) is 9.40 Å². The molecule has 0 spiro atoms. The Kier molecular flexibility index (Phi) is 4.09. The normalized spacial score (nSPS) is 14.0. The lowest BCUT2D eigenvalue weighted by Crippen LogP contribution is -2.04. The minimum atomic E-state index is 0.700. The Morgan fingerprint density at radius 2 is 1.92 bits per heavy atom. The molecule has 0 atom stereocenters. The van der Waals surface area contributed by atoms with Crippen molar-refractivity contribution < 1.29 is 4.42 Å². The van der Waals surface area contributed by atoms with Crippen molar-refractivity contribution in [1.29, 1.82) is 0 Å². The summed E-state index contributed by atoms with van der Waals surface area (Å²) in [4.78, 5) is 13.7. The molecular formula is C21H19N3OS. The van der Waals surface area contributed by atoms with Gasteiger partial charge in [0.2, 0.25) is 5.71 Å². The number of aromatic nitrogens is 3. The highest BCUT2D eigenvalue weighted by Crippen LogP contribution is 2.34. The fourth-order valence-corrected chi connectivity index (χ4v) is 4.54.